The third-order valence-corrected chi connectivity index (χ3v) is 5.10. The summed E-state index contributed by atoms with van der Waals surface area (Å²) < 4.78 is 50.0. The number of halogens is 1. The Balaban J connectivity index is 1.83. The minimum absolute atomic E-state index is 0.0524. The van der Waals surface area contributed by atoms with Crippen LogP contribution in [0.1, 0.15) is 16.8 Å². The van der Waals surface area contributed by atoms with Gasteiger partial charge in [0.2, 0.25) is 0 Å². The van der Waals surface area contributed by atoms with Gasteiger partial charge in [-0.05, 0) is 55.0 Å². The van der Waals surface area contributed by atoms with Crippen molar-refractivity contribution < 1.29 is 27.1 Å². The monoisotopic (exact) mass is 410 g/mol. The molecule has 0 bridgehead atoms. The van der Waals surface area contributed by atoms with Crippen molar-refractivity contribution in [2.45, 2.75) is 11.3 Å². The molecule has 2 rings (SSSR count). The zero-order chi connectivity index (χ0) is 20.4. The molecule has 7 nitrogen and oxygen atoms in total. The Morgan fingerprint density at radius 2 is 1.68 bits per heavy atom. The molecule has 1 amide bonds. The number of sulfonamides is 1. The van der Waals surface area contributed by atoms with Gasteiger partial charge in [-0.15, -0.1) is 0 Å². The second kappa shape index (κ2) is 10.7. The second-order valence-electron chi connectivity index (χ2n) is 5.85. The van der Waals surface area contributed by atoms with Crippen LogP contribution in [-0.4, -0.2) is 47.8 Å². The highest BCUT2D eigenvalue weighted by molar-refractivity contribution is 7.92. The molecule has 0 spiro atoms. The van der Waals surface area contributed by atoms with E-state index in [2.05, 4.69) is 10.0 Å². The lowest BCUT2D eigenvalue weighted by atomic mass is 10.2. The molecule has 0 aliphatic carbocycles. The summed E-state index contributed by atoms with van der Waals surface area (Å²) >= 11 is 0. The predicted molar refractivity (Wildman–Crippen MR) is 103 cm³/mol. The fourth-order valence-corrected chi connectivity index (χ4v) is 3.30. The molecular weight excluding hydrogens is 387 g/mol. The van der Waals surface area contributed by atoms with Crippen LogP contribution in [0.3, 0.4) is 0 Å². The number of hydrogen-bond acceptors (Lipinski definition) is 5. The first kappa shape index (κ1) is 21.8. The Kier molecular flexibility index (Phi) is 8.37. The summed E-state index contributed by atoms with van der Waals surface area (Å²) in [4.78, 5) is 12.0. The number of hydrogen-bond donors (Lipinski definition) is 2. The average molecular weight is 410 g/mol. The smallest absolute Gasteiger partial charge is 0.261 e. The van der Waals surface area contributed by atoms with E-state index in [-0.39, 0.29) is 10.8 Å². The Labute approximate surface area is 163 Å². The maximum Gasteiger partial charge on any atom is 0.261 e. The number of carbonyl (C=O) groups excluding carboxylic acids is 1. The summed E-state index contributed by atoms with van der Waals surface area (Å²) in [6, 6.07) is 10.5. The van der Waals surface area contributed by atoms with Crippen LogP contribution in [0.15, 0.2) is 53.4 Å². The first-order valence-corrected chi connectivity index (χ1v) is 10.1. The quantitative estimate of drug-likeness (QED) is 0.555. The molecule has 2 aromatic carbocycles. The van der Waals surface area contributed by atoms with Gasteiger partial charge in [0.25, 0.3) is 15.9 Å². The SMILES string of the molecule is COCCOCCCNC(=O)c1ccc(NS(=O)(=O)c2ccc(F)cc2)cc1. The normalized spacial score (nSPS) is 11.2. The number of benzene rings is 2. The molecule has 0 fully saturated rings. The number of rotatable bonds is 11. The van der Waals surface area contributed by atoms with E-state index in [1.807, 2.05) is 0 Å². The van der Waals surface area contributed by atoms with Crippen molar-refractivity contribution >= 4 is 21.6 Å². The molecule has 0 saturated carbocycles. The van der Waals surface area contributed by atoms with Crippen LogP contribution in [0.5, 0.6) is 0 Å². The first-order chi connectivity index (χ1) is 13.4. The molecule has 0 aliphatic heterocycles. The summed E-state index contributed by atoms with van der Waals surface area (Å²) in [7, 11) is -2.23. The maximum atomic E-state index is 12.9. The highest BCUT2D eigenvalue weighted by Crippen LogP contribution is 2.17. The van der Waals surface area contributed by atoms with E-state index in [1.165, 1.54) is 36.4 Å². The molecule has 0 aromatic heterocycles. The van der Waals surface area contributed by atoms with E-state index in [4.69, 9.17) is 9.47 Å². The van der Waals surface area contributed by atoms with Crippen LogP contribution in [0.25, 0.3) is 0 Å². The predicted octanol–water partition coefficient (Wildman–Crippen LogP) is 2.41. The van der Waals surface area contributed by atoms with E-state index >= 15 is 0 Å². The number of nitrogens with one attached hydrogen (secondary N) is 2. The molecule has 152 valence electrons. The van der Waals surface area contributed by atoms with Crippen molar-refractivity contribution in [1.82, 2.24) is 5.32 Å². The van der Waals surface area contributed by atoms with Gasteiger partial charge in [0.05, 0.1) is 18.1 Å². The van der Waals surface area contributed by atoms with E-state index in [0.717, 1.165) is 12.1 Å². The molecule has 0 aliphatic rings. The van der Waals surface area contributed by atoms with Crippen molar-refractivity contribution in [3.63, 3.8) is 0 Å². The molecule has 28 heavy (non-hydrogen) atoms. The van der Waals surface area contributed by atoms with Crippen LogP contribution < -0.4 is 10.0 Å². The Morgan fingerprint density at radius 3 is 2.32 bits per heavy atom. The largest absolute Gasteiger partial charge is 0.382 e. The maximum absolute atomic E-state index is 12.9. The zero-order valence-electron chi connectivity index (χ0n) is 15.5. The molecule has 0 heterocycles. The number of ether oxygens (including phenoxy) is 2. The molecule has 0 radical (unpaired) electrons. The second-order valence-corrected chi connectivity index (χ2v) is 7.53. The van der Waals surface area contributed by atoms with Crippen molar-refractivity contribution in [2.24, 2.45) is 0 Å². The molecule has 0 atom stereocenters. The zero-order valence-corrected chi connectivity index (χ0v) is 16.3. The standard InChI is InChI=1S/C19H23FN2O5S/c1-26-13-14-27-12-2-11-21-19(23)15-3-7-17(8-4-15)22-28(24,25)18-9-5-16(20)6-10-18/h3-10,22H,2,11-14H2,1H3,(H,21,23). The Bertz CT molecular complexity index is 855. The van der Waals surface area contributed by atoms with Crippen LogP contribution in [0, 0.1) is 5.82 Å². The topological polar surface area (TPSA) is 93.7 Å². The molecule has 2 N–H and O–H groups in total. The minimum Gasteiger partial charge on any atom is -0.382 e. The molecule has 9 heteroatoms. The number of amides is 1. The Morgan fingerprint density at radius 1 is 1.00 bits per heavy atom. The van der Waals surface area contributed by atoms with Crippen LogP contribution >= 0.6 is 0 Å². The van der Waals surface area contributed by atoms with E-state index in [1.54, 1.807) is 7.11 Å². The third kappa shape index (κ3) is 6.91. The lowest BCUT2D eigenvalue weighted by Crippen LogP contribution is -2.25. The summed E-state index contributed by atoms with van der Waals surface area (Å²) in [5.74, 6) is -0.777. The van der Waals surface area contributed by atoms with Gasteiger partial charge in [0, 0.05) is 31.5 Å². The van der Waals surface area contributed by atoms with Crippen molar-refractivity contribution in [1.29, 1.82) is 0 Å². The van der Waals surface area contributed by atoms with Gasteiger partial charge in [0.15, 0.2) is 0 Å². The fourth-order valence-electron chi connectivity index (χ4n) is 2.24. The van der Waals surface area contributed by atoms with E-state index < -0.39 is 15.8 Å². The van der Waals surface area contributed by atoms with Crippen LogP contribution in [-0.2, 0) is 19.5 Å². The lowest BCUT2D eigenvalue weighted by Gasteiger charge is -2.09. The number of methoxy groups -OCH3 is 1. The van der Waals surface area contributed by atoms with Gasteiger partial charge in [-0.2, -0.15) is 0 Å². The van der Waals surface area contributed by atoms with Crippen LogP contribution in [0.2, 0.25) is 0 Å². The summed E-state index contributed by atoms with van der Waals surface area (Å²) in [6.07, 6.45) is 0.672. The molecule has 0 unspecified atom stereocenters. The van der Waals surface area contributed by atoms with E-state index in [0.29, 0.717) is 44.0 Å². The summed E-state index contributed by atoms with van der Waals surface area (Å²) in [5.41, 5.74) is 0.706. The van der Waals surface area contributed by atoms with E-state index in [9.17, 15) is 17.6 Å². The van der Waals surface area contributed by atoms with Crippen molar-refractivity contribution in [3.8, 4) is 0 Å². The highest BCUT2D eigenvalue weighted by atomic mass is 32.2. The molecule has 2 aromatic rings. The third-order valence-electron chi connectivity index (χ3n) is 3.71. The highest BCUT2D eigenvalue weighted by Gasteiger charge is 2.14. The van der Waals surface area contributed by atoms with Gasteiger partial charge in [-0.1, -0.05) is 0 Å². The van der Waals surface area contributed by atoms with Crippen molar-refractivity contribution in [3.05, 3.63) is 59.9 Å². The van der Waals surface area contributed by atoms with Gasteiger partial charge in [-0.25, -0.2) is 12.8 Å². The summed E-state index contributed by atoms with van der Waals surface area (Å²) in [6.45, 7) is 2.03. The van der Waals surface area contributed by atoms with Gasteiger partial charge in [0.1, 0.15) is 5.82 Å². The number of carbonyl (C=O) groups is 1. The molecular formula is C19H23FN2O5S. The lowest BCUT2D eigenvalue weighted by molar-refractivity contribution is 0.0688. The molecule has 0 saturated heterocycles. The summed E-state index contributed by atoms with van der Waals surface area (Å²) in [5, 5.41) is 2.76. The van der Waals surface area contributed by atoms with Crippen molar-refractivity contribution in [2.75, 3.05) is 38.2 Å². The van der Waals surface area contributed by atoms with Gasteiger partial charge in [-0.3, -0.25) is 9.52 Å². The minimum atomic E-state index is -3.83. The fraction of sp³-hybridized carbons (Fsp3) is 0.316. The van der Waals surface area contributed by atoms with Gasteiger partial charge < -0.3 is 14.8 Å². The average Bonchev–Trinajstić information content (AvgIpc) is 2.68. The Hall–Kier alpha value is -2.49. The van der Waals surface area contributed by atoms with Crippen LogP contribution in [0.4, 0.5) is 10.1 Å². The number of anilines is 1. The first-order valence-electron chi connectivity index (χ1n) is 8.66. The van der Waals surface area contributed by atoms with Gasteiger partial charge >= 0.3 is 0 Å².